The predicted molar refractivity (Wildman–Crippen MR) is 128 cm³/mol. The fraction of sp³-hybridized carbons (Fsp3) is 0.333. The van der Waals surface area contributed by atoms with Crippen LogP contribution < -0.4 is 4.90 Å². The van der Waals surface area contributed by atoms with E-state index in [4.69, 9.17) is 5.11 Å². The Hall–Kier alpha value is -3.60. The van der Waals surface area contributed by atoms with E-state index < -0.39 is 12.1 Å². The lowest BCUT2D eigenvalue weighted by molar-refractivity contribution is -0.513. The standard InChI is InChI=1S/C24H28N2O6.2H2O/c1-4-25(5-2)14-7-9-16(18(27)11-14)21-23(31)22(24(21)32)17-10-8-15(12-19(17)28)26(6-3)13-20(29)30;;/h7-12,23,31H,4-6,13H2,1-3H3,(H3,27,28,29,30,32);2*1H2. The predicted octanol–water partition coefficient (Wildman–Crippen LogP) is 1.75. The summed E-state index contributed by atoms with van der Waals surface area (Å²) in [7, 11) is 0. The summed E-state index contributed by atoms with van der Waals surface area (Å²) in [5, 5.41) is 51.5. The molecule has 0 amide bonds. The minimum atomic E-state index is -1.20. The van der Waals surface area contributed by atoms with Gasteiger partial charge in [-0.05, 0) is 39.0 Å². The van der Waals surface area contributed by atoms with Crippen molar-refractivity contribution in [3.63, 3.8) is 0 Å². The topological polar surface area (TPSA) is 186 Å². The van der Waals surface area contributed by atoms with Gasteiger partial charge in [0.1, 0.15) is 29.9 Å². The van der Waals surface area contributed by atoms with Crippen LogP contribution in [0.25, 0.3) is 5.57 Å². The number of allylic oxidation sites excluding steroid dienone is 3. The maximum absolute atomic E-state index is 11.0. The zero-order valence-electron chi connectivity index (χ0n) is 19.4. The lowest BCUT2D eigenvalue weighted by Gasteiger charge is -2.32. The van der Waals surface area contributed by atoms with Crippen LogP contribution in [0.5, 0.6) is 5.75 Å². The molecule has 8 N–H and O–H groups in total. The summed E-state index contributed by atoms with van der Waals surface area (Å²) in [5.41, 5.74) is 2.26. The molecule has 0 bridgehead atoms. The number of aliphatic hydroxyl groups excluding tert-OH is 3. The number of anilines is 1. The number of phenolic OH excluding ortho intramolecular Hbond substituents is 1. The molecule has 0 saturated heterocycles. The number of benzene rings is 1. The monoisotopic (exact) mass is 476 g/mol. The van der Waals surface area contributed by atoms with Crippen LogP contribution in [-0.4, -0.2) is 85.0 Å². The highest BCUT2D eigenvalue weighted by Crippen LogP contribution is 2.46. The van der Waals surface area contributed by atoms with Crippen LogP contribution in [0.1, 0.15) is 26.3 Å². The van der Waals surface area contributed by atoms with Crippen LogP contribution in [0.3, 0.4) is 0 Å². The van der Waals surface area contributed by atoms with Crippen LogP contribution in [0.4, 0.5) is 5.69 Å². The van der Waals surface area contributed by atoms with Crippen molar-refractivity contribution in [2.75, 3.05) is 31.1 Å². The number of likely N-dealkylation sites (N-methyl/N-ethyl adjacent to an activating group) is 1. The maximum atomic E-state index is 11.0. The van der Waals surface area contributed by atoms with E-state index in [9.17, 15) is 25.2 Å². The Balaban J connectivity index is 0.00000289. The molecular weight excluding hydrogens is 444 g/mol. The first-order valence-corrected chi connectivity index (χ1v) is 10.6. The highest BCUT2D eigenvalue weighted by molar-refractivity contribution is 6.04. The Morgan fingerprint density at radius 2 is 1.71 bits per heavy atom. The van der Waals surface area contributed by atoms with E-state index in [1.807, 2.05) is 19.9 Å². The molecule has 0 aromatic heterocycles. The summed E-state index contributed by atoms with van der Waals surface area (Å²) in [5.74, 6) is -1.44. The molecule has 1 aromatic rings. The van der Waals surface area contributed by atoms with Gasteiger partial charge in [-0.15, -0.1) is 0 Å². The molecule has 0 saturated carbocycles. The summed E-state index contributed by atoms with van der Waals surface area (Å²) in [4.78, 5) is 13.1. The van der Waals surface area contributed by atoms with Gasteiger partial charge in [-0.2, -0.15) is 0 Å². The third-order valence-corrected chi connectivity index (χ3v) is 5.80. The number of nitrogens with zero attached hydrogens (tertiary/aromatic N) is 2. The van der Waals surface area contributed by atoms with Gasteiger partial charge in [-0.1, -0.05) is 0 Å². The Labute approximate surface area is 197 Å². The van der Waals surface area contributed by atoms with Crippen molar-refractivity contribution < 1.29 is 45.9 Å². The lowest BCUT2D eigenvalue weighted by atomic mass is 9.78. The summed E-state index contributed by atoms with van der Waals surface area (Å²) in [6.07, 6.45) is 3.37. The molecular formula is C24H32N2O8. The van der Waals surface area contributed by atoms with Crippen LogP contribution in [0.15, 0.2) is 59.1 Å². The number of aliphatic hydroxyl groups is 3. The van der Waals surface area contributed by atoms with Gasteiger partial charge < -0.3 is 41.4 Å². The largest absolute Gasteiger partial charge is 0.870 e. The smallest absolute Gasteiger partial charge is 0.369 e. The third-order valence-electron chi connectivity index (χ3n) is 5.80. The van der Waals surface area contributed by atoms with E-state index in [-0.39, 0.29) is 51.5 Å². The first-order chi connectivity index (χ1) is 15.2. The average molecular weight is 477 g/mol. The van der Waals surface area contributed by atoms with E-state index in [1.165, 1.54) is 12.2 Å². The van der Waals surface area contributed by atoms with Crippen molar-refractivity contribution in [3.05, 3.63) is 64.7 Å². The Morgan fingerprint density at radius 1 is 1.06 bits per heavy atom. The second-order valence-electron chi connectivity index (χ2n) is 7.56. The number of carboxylic acids is 1. The van der Waals surface area contributed by atoms with E-state index in [2.05, 4.69) is 4.90 Å². The third kappa shape index (κ3) is 5.14. The SMILES string of the molecule is CCN(CC)c1ccc(C2=C(O)C(=C3C=CC(=[N+](CC)CC(=O)O)C=C3O)C2O)c(O)c1.O.[OH-]. The molecule has 2 aliphatic rings. The van der Waals surface area contributed by atoms with Gasteiger partial charge in [0.25, 0.3) is 0 Å². The fourth-order valence-corrected chi connectivity index (χ4v) is 4.05. The van der Waals surface area contributed by atoms with E-state index >= 15 is 0 Å². The first-order valence-electron chi connectivity index (χ1n) is 10.6. The van der Waals surface area contributed by atoms with Crippen molar-refractivity contribution >= 4 is 22.9 Å². The zero-order valence-corrected chi connectivity index (χ0v) is 19.4. The molecule has 0 aliphatic heterocycles. The molecule has 1 aromatic carbocycles. The zero-order chi connectivity index (χ0) is 23.6. The van der Waals surface area contributed by atoms with Crippen molar-refractivity contribution in [2.45, 2.75) is 26.9 Å². The first kappa shape index (κ1) is 28.4. The van der Waals surface area contributed by atoms with Crippen LogP contribution in [0, 0.1) is 0 Å². The molecule has 186 valence electrons. The summed E-state index contributed by atoms with van der Waals surface area (Å²) in [6, 6.07) is 5.07. The minimum Gasteiger partial charge on any atom is -0.870 e. The molecule has 1 atom stereocenters. The Kier molecular flexibility index (Phi) is 9.62. The lowest BCUT2D eigenvalue weighted by Crippen LogP contribution is -2.30. The van der Waals surface area contributed by atoms with Crippen molar-refractivity contribution in [1.29, 1.82) is 0 Å². The highest BCUT2D eigenvalue weighted by Gasteiger charge is 2.39. The van der Waals surface area contributed by atoms with Gasteiger partial charge >= 0.3 is 5.97 Å². The summed E-state index contributed by atoms with van der Waals surface area (Å²) < 4.78 is 1.57. The molecule has 10 heteroatoms. The van der Waals surface area contributed by atoms with E-state index in [1.54, 1.807) is 29.7 Å². The molecule has 2 aliphatic carbocycles. The molecule has 0 fully saturated rings. The number of hydrogen-bond acceptors (Lipinski definition) is 7. The van der Waals surface area contributed by atoms with Gasteiger partial charge in [0, 0.05) is 53.2 Å². The van der Waals surface area contributed by atoms with Crippen LogP contribution >= 0.6 is 0 Å². The van der Waals surface area contributed by atoms with Crippen molar-refractivity contribution in [3.8, 4) is 5.75 Å². The Morgan fingerprint density at radius 3 is 2.18 bits per heavy atom. The van der Waals surface area contributed by atoms with Gasteiger partial charge in [0.2, 0.25) is 12.3 Å². The van der Waals surface area contributed by atoms with E-state index in [0.717, 1.165) is 18.8 Å². The van der Waals surface area contributed by atoms with Crippen molar-refractivity contribution in [1.82, 2.24) is 0 Å². The average Bonchev–Trinajstić information content (AvgIpc) is 2.76. The number of carbonyl (C=O) groups is 1. The van der Waals surface area contributed by atoms with Gasteiger partial charge in [-0.3, -0.25) is 0 Å². The summed E-state index contributed by atoms with van der Waals surface area (Å²) >= 11 is 0. The van der Waals surface area contributed by atoms with Crippen LogP contribution in [-0.2, 0) is 4.79 Å². The number of aliphatic carboxylic acids is 1. The second-order valence-corrected chi connectivity index (χ2v) is 7.56. The number of carboxylic acid groups (broad SMARTS) is 1. The number of rotatable bonds is 7. The molecule has 34 heavy (non-hydrogen) atoms. The molecule has 0 radical (unpaired) electrons. The number of phenols is 1. The molecule has 1 unspecified atom stereocenters. The van der Waals surface area contributed by atoms with Gasteiger partial charge in [0.15, 0.2) is 0 Å². The maximum Gasteiger partial charge on any atom is 0.369 e. The second kappa shape index (κ2) is 11.5. The fourth-order valence-electron chi connectivity index (χ4n) is 4.05. The van der Waals surface area contributed by atoms with Gasteiger partial charge in [-0.25, -0.2) is 9.37 Å². The summed E-state index contributed by atoms with van der Waals surface area (Å²) in [6.45, 7) is 7.60. The van der Waals surface area contributed by atoms with Crippen molar-refractivity contribution in [2.24, 2.45) is 0 Å². The van der Waals surface area contributed by atoms with Gasteiger partial charge in [0.05, 0.1) is 6.08 Å². The number of hydrogen-bond donors (Lipinski definition) is 5. The van der Waals surface area contributed by atoms with Crippen LogP contribution in [0.2, 0.25) is 0 Å². The van der Waals surface area contributed by atoms with E-state index in [0.29, 0.717) is 17.8 Å². The molecule has 10 nitrogen and oxygen atoms in total. The Bertz CT molecular complexity index is 1090. The normalized spacial score (nSPS) is 20.6. The molecule has 0 heterocycles. The molecule has 0 spiro atoms. The quantitative estimate of drug-likeness (QED) is 0.368. The molecule has 3 rings (SSSR count). The minimum absolute atomic E-state index is 0. The number of aromatic hydroxyl groups is 1. The highest BCUT2D eigenvalue weighted by atomic mass is 16.4.